The number of nitrogens with one attached hydrogen (secondary N) is 1. The average Bonchev–Trinajstić information content (AvgIpc) is 3.14. The number of benzene rings is 1. The van der Waals surface area contributed by atoms with Crippen molar-refractivity contribution < 1.29 is 14.7 Å². The van der Waals surface area contributed by atoms with Crippen molar-refractivity contribution in [3.8, 4) is 0 Å². The van der Waals surface area contributed by atoms with Crippen molar-refractivity contribution in [3.05, 3.63) is 46.7 Å². The summed E-state index contributed by atoms with van der Waals surface area (Å²) in [5.74, 6) is 0. The summed E-state index contributed by atoms with van der Waals surface area (Å²) in [6.45, 7) is 6.89. The van der Waals surface area contributed by atoms with E-state index < -0.39 is 6.09 Å². The molecule has 2 fully saturated rings. The number of likely N-dealkylation sites (tertiary alicyclic amines) is 1. The molecule has 2 aromatic rings. The van der Waals surface area contributed by atoms with Gasteiger partial charge in [-0.15, -0.1) is 0 Å². The number of hydrogen-bond donors (Lipinski definition) is 2. The van der Waals surface area contributed by atoms with Crippen LogP contribution in [0, 0.1) is 0 Å². The molecule has 1 aromatic heterocycles. The SMILES string of the molecule is CON=Cc1c(CNC(=O)O)n(C2CCN(C3CCC(=C(C)C)CC3)CC2)c2ccccc12. The lowest BCUT2D eigenvalue weighted by Gasteiger charge is -2.40. The van der Waals surface area contributed by atoms with Crippen molar-refractivity contribution in [3.63, 3.8) is 0 Å². The van der Waals surface area contributed by atoms with E-state index in [0.717, 1.165) is 48.1 Å². The van der Waals surface area contributed by atoms with Crippen LogP contribution in [0.3, 0.4) is 0 Å². The molecule has 1 aromatic carbocycles. The Labute approximate surface area is 196 Å². The third-order valence-corrected chi connectivity index (χ3v) is 7.40. The Hall–Kier alpha value is -2.80. The summed E-state index contributed by atoms with van der Waals surface area (Å²) in [5.41, 5.74) is 6.15. The second-order valence-electron chi connectivity index (χ2n) is 9.43. The fourth-order valence-corrected chi connectivity index (χ4v) is 5.67. The summed E-state index contributed by atoms with van der Waals surface area (Å²) in [4.78, 5) is 18.9. The van der Waals surface area contributed by atoms with Crippen LogP contribution in [-0.4, -0.2) is 53.1 Å². The molecule has 2 aliphatic rings. The summed E-state index contributed by atoms with van der Waals surface area (Å²) in [7, 11) is 1.52. The molecule has 1 aliphatic heterocycles. The molecule has 0 radical (unpaired) electrons. The first-order chi connectivity index (χ1) is 16.0. The molecule has 0 unspecified atom stereocenters. The number of amides is 1. The molecule has 0 atom stereocenters. The van der Waals surface area contributed by atoms with Gasteiger partial charge in [0.2, 0.25) is 0 Å². The van der Waals surface area contributed by atoms with Gasteiger partial charge < -0.3 is 24.7 Å². The first-order valence-corrected chi connectivity index (χ1v) is 12.0. The largest absolute Gasteiger partial charge is 0.465 e. The van der Waals surface area contributed by atoms with E-state index in [1.165, 1.54) is 38.4 Å². The number of hydrogen-bond acceptors (Lipinski definition) is 4. The number of para-hydroxylation sites is 1. The molecule has 33 heavy (non-hydrogen) atoms. The molecule has 1 saturated heterocycles. The van der Waals surface area contributed by atoms with Crippen molar-refractivity contribution >= 4 is 23.2 Å². The second-order valence-corrected chi connectivity index (χ2v) is 9.43. The molecule has 1 amide bonds. The summed E-state index contributed by atoms with van der Waals surface area (Å²) in [5, 5.41) is 16.9. The highest BCUT2D eigenvalue weighted by Crippen LogP contribution is 2.36. The molecule has 1 aliphatic carbocycles. The zero-order valence-corrected chi connectivity index (χ0v) is 20.0. The molecule has 0 spiro atoms. The lowest BCUT2D eigenvalue weighted by Crippen LogP contribution is -2.43. The van der Waals surface area contributed by atoms with E-state index in [9.17, 15) is 9.90 Å². The Morgan fingerprint density at radius 3 is 2.48 bits per heavy atom. The van der Waals surface area contributed by atoms with Crippen LogP contribution in [0.5, 0.6) is 0 Å². The van der Waals surface area contributed by atoms with Crippen molar-refractivity contribution in [2.75, 3.05) is 20.2 Å². The van der Waals surface area contributed by atoms with Crippen LogP contribution in [0.25, 0.3) is 10.9 Å². The predicted molar refractivity (Wildman–Crippen MR) is 132 cm³/mol. The Balaban J connectivity index is 1.57. The Morgan fingerprint density at radius 2 is 1.85 bits per heavy atom. The highest BCUT2D eigenvalue weighted by atomic mass is 16.6. The van der Waals surface area contributed by atoms with Gasteiger partial charge in [0.05, 0.1) is 12.8 Å². The van der Waals surface area contributed by atoms with Crippen LogP contribution in [0.15, 0.2) is 40.6 Å². The zero-order valence-electron chi connectivity index (χ0n) is 20.0. The van der Waals surface area contributed by atoms with Crippen LogP contribution in [0.2, 0.25) is 0 Å². The predicted octanol–water partition coefficient (Wildman–Crippen LogP) is 5.31. The minimum atomic E-state index is -1.02. The molecule has 7 heteroatoms. The van der Waals surface area contributed by atoms with Crippen molar-refractivity contribution in [2.45, 2.75) is 71.0 Å². The Kier molecular flexibility index (Phi) is 7.38. The minimum absolute atomic E-state index is 0.239. The van der Waals surface area contributed by atoms with Gasteiger partial charge in [-0.1, -0.05) is 34.5 Å². The van der Waals surface area contributed by atoms with Gasteiger partial charge in [-0.2, -0.15) is 0 Å². The molecular weight excluding hydrogens is 416 g/mol. The van der Waals surface area contributed by atoms with Crippen LogP contribution >= 0.6 is 0 Å². The fraction of sp³-hybridized carbons (Fsp3) is 0.538. The van der Waals surface area contributed by atoms with Gasteiger partial charge in [-0.05, 0) is 58.4 Å². The van der Waals surface area contributed by atoms with E-state index in [4.69, 9.17) is 4.84 Å². The Bertz CT molecular complexity index is 1030. The van der Waals surface area contributed by atoms with Gasteiger partial charge in [0, 0.05) is 47.3 Å². The first-order valence-electron chi connectivity index (χ1n) is 12.0. The quantitative estimate of drug-likeness (QED) is 0.354. The number of nitrogens with zero attached hydrogens (tertiary/aromatic N) is 3. The van der Waals surface area contributed by atoms with Gasteiger partial charge in [0.15, 0.2) is 0 Å². The molecule has 7 nitrogen and oxygen atoms in total. The number of allylic oxidation sites excluding steroid dienone is 2. The lowest BCUT2D eigenvalue weighted by molar-refractivity contribution is 0.116. The van der Waals surface area contributed by atoms with Crippen LogP contribution in [0.4, 0.5) is 4.79 Å². The number of piperidine rings is 1. The Morgan fingerprint density at radius 1 is 1.15 bits per heavy atom. The van der Waals surface area contributed by atoms with E-state index >= 15 is 0 Å². The van der Waals surface area contributed by atoms with Crippen molar-refractivity contribution in [1.29, 1.82) is 0 Å². The fourth-order valence-electron chi connectivity index (χ4n) is 5.67. The number of aromatic nitrogens is 1. The van der Waals surface area contributed by atoms with E-state index in [-0.39, 0.29) is 6.54 Å². The number of fused-ring (bicyclic) bond motifs is 1. The highest BCUT2D eigenvalue weighted by Gasteiger charge is 2.30. The number of carbonyl (C=O) groups is 1. The number of rotatable bonds is 6. The average molecular weight is 453 g/mol. The molecule has 2 N–H and O–H groups in total. The third kappa shape index (κ3) is 5.08. The zero-order chi connectivity index (χ0) is 23.4. The molecule has 1 saturated carbocycles. The van der Waals surface area contributed by atoms with Crippen LogP contribution < -0.4 is 5.32 Å². The molecule has 178 valence electrons. The van der Waals surface area contributed by atoms with Crippen molar-refractivity contribution in [2.24, 2.45) is 5.16 Å². The normalized spacial score (nSPS) is 20.5. The molecule has 0 bridgehead atoms. The molecular formula is C26H36N4O3. The van der Waals surface area contributed by atoms with Gasteiger partial charge in [0.25, 0.3) is 0 Å². The van der Waals surface area contributed by atoms with E-state index in [0.29, 0.717) is 12.1 Å². The van der Waals surface area contributed by atoms with Crippen LogP contribution in [0.1, 0.15) is 69.7 Å². The van der Waals surface area contributed by atoms with Gasteiger partial charge >= 0.3 is 6.09 Å². The maximum atomic E-state index is 11.3. The molecule has 4 rings (SSSR count). The topological polar surface area (TPSA) is 79.1 Å². The third-order valence-electron chi connectivity index (χ3n) is 7.40. The number of oxime groups is 1. The number of carboxylic acid groups (broad SMARTS) is 1. The highest BCUT2D eigenvalue weighted by molar-refractivity contribution is 6.01. The van der Waals surface area contributed by atoms with Crippen molar-refractivity contribution in [1.82, 2.24) is 14.8 Å². The maximum absolute atomic E-state index is 11.3. The van der Waals surface area contributed by atoms with E-state index in [1.54, 1.807) is 11.8 Å². The van der Waals surface area contributed by atoms with Gasteiger partial charge in [-0.3, -0.25) is 0 Å². The maximum Gasteiger partial charge on any atom is 0.404 e. The van der Waals surface area contributed by atoms with Crippen LogP contribution in [-0.2, 0) is 11.4 Å². The molecule has 2 heterocycles. The van der Waals surface area contributed by atoms with Gasteiger partial charge in [-0.25, -0.2) is 4.79 Å². The second kappa shape index (κ2) is 10.4. The first kappa shape index (κ1) is 23.4. The summed E-state index contributed by atoms with van der Waals surface area (Å²) < 4.78 is 2.35. The minimum Gasteiger partial charge on any atom is -0.465 e. The smallest absolute Gasteiger partial charge is 0.404 e. The summed E-state index contributed by atoms with van der Waals surface area (Å²) >= 11 is 0. The summed E-state index contributed by atoms with van der Waals surface area (Å²) in [6.07, 6.45) is 7.81. The lowest BCUT2D eigenvalue weighted by atomic mass is 9.86. The monoisotopic (exact) mass is 452 g/mol. The van der Waals surface area contributed by atoms with E-state index in [1.807, 2.05) is 12.1 Å². The van der Waals surface area contributed by atoms with Gasteiger partial charge in [0.1, 0.15) is 7.11 Å². The summed E-state index contributed by atoms with van der Waals surface area (Å²) in [6, 6.07) is 9.27. The standard InChI is InChI=1S/C26H36N4O3/c1-18(2)19-8-10-20(11-9-19)29-14-12-21(13-15-29)30-24-7-5-4-6-22(24)23(16-28-33-3)25(30)17-27-26(31)32/h4-7,16,20-21,27H,8-15,17H2,1-3H3,(H,31,32). The van der Waals surface area contributed by atoms with E-state index in [2.05, 4.69) is 45.9 Å².